The van der Waals surface area contributed by atoms with Crippen molar-refractivity contribution >= 4 is 21.2 Å². The standard InChI is InChI=1S/C10H10F3N3O2S/c11-10(12,13)3-6-19(17,18)15-8-2-5-16-9(7-8)1-4-14-16/h1-2,4-5,7,15H,3,6H2. The van der Waals surface area contributed by atoms with Crippen LogP contribution in [0.15, 0.2) is 30.6 Å². The monoisotopic (exact) mass is 293 g/mol. The van der Waals surface area contributed by atoms with Gasteiger partial charge < -0.3 is 0 Å². The molecule has 2 aromatic heterocycles. The molecule has 0 atom stereocenters. The van der Waals surface area contributed by atoms with Gasteiger partial charge in [0.2, 0.25) is 10.0 Å². The lowest BCUT2D eigenvalue weighted by Gasteiger charge is -2.09. The van der Waals surface area contributed by atoms with Crippen LogP contribution in [-0.4, -0.2) is 30.0 Å². The van der Waals surface area contributed by atoms with Crippen molar-refractivity contribution in [3.8, 4) is 0 Å². The largest absolute Gasteiger partial charge is 0.390 e. The van der Waals surface area contributed by atoms with Crippen molar-refractivity contribution < 1.29 is 21.6 Å². The first-order valence-corrected chi connectivity index (χ1v) is 6.91. The Kier molecular flexibility index (Phi) is 3.40. The minimum Gasteiger partial charge on any atom is -0.283 e. The smallest absolute Gasteiger partial charge is 0.283 e. The van der Waals surface area contributed by atoms with Crippen LogP contribution in [0.25, 0.3) is 5.52 Å². The average Bonchev–Trinajstić information content (AvgIpc) is 2.72. The molecule has 2 rings (SSSR count). The first-order valence-electron chi connectivity index (χ1n) is 5.26. The van der Waals surface area contributed by atoms with Crippen LogP contribution in [0.1, 0.15) is 6.42 Å². The van der Waals surface area contributed by atoms with Gasteiger partial charge in [-0.3, -0.25) is 4.72 Å². The molecule has 0 saturated heterocycles. The van der Waals surface area contributed by atoms with Gasteiger partial charge in [0.15, 0.2) is 0 Å². The second-order valence-electron chi connectivity index (χ2n) is 3.90. The summed E-state index contributed by atoms with van der Waals surface area (Å²) in [6.07, 6.45) is -2.84. The third-order valence-corrected chi connectivity index (χ3v) is 3.62. The molecule has 0 spiro atoms. The maximum atomic E-state index is 12.0. The molecule has 0 saturated carbocycles. The third kappa shape index (κ3) is 3.85. The quantitative estimate of drug-likeness (QED) is 0.938. The van der Waals surface area contributed by atoms with Crippen molar-refractivity contribution in [2.45, 2.75) is 12.6 Å². The molecular weight excluding hydrogens is 283 g/mol. The van der Waals surface area contributed by atoms with Gasteiger partial charge in [-0.1, -0.05) is 0 Å². The molecule has 0 unspecified atom stereocenters. The number of halogens is 3. The highest BCUT2D eigenvalue weighted by molar-refractivity contribution is 7.92. The van der Waals surface area contributed by atoms with E-state index in [-0.39, 0.29) is 5.69 Å². The first-order chi connectivity index (χ1) is 8.75. The Balaban J connectivity index is 2.10. The van der Waals surface area contributed by atoms with Crippen LogP contribution >= 0.6 is 0 Å². The maximum absolute atomic E-state index is 12.0. The van der Waals surface area contributed by atoms with Crippen molar-refractivity contribution in [2.75, 3.05) is 10.5 Å². The molecule has 104 valence electrons. The number of hydrogen-bond acceptors (Lipinski definition) is 3. The molecule has 0 aliphatic carbocycles. The summed E-state index contributed by atoms with van der Waals surface area (Å²) in [6.45, 7) is 0. The highest BCUT2D eigenvalue weighted by Crippen LogP contribution is 2.21. The lowest BCUT2D eigenvalue weighted by Crippen LogP contribution is -2.21. The predicted molar refractivity (Wildman–Crippen MR) is 63.3 cm³/mol. The minimum atomic E-state index is -4.50. The topological polar surface area (TPSA) is 63.5 Å². The summed E-state index contributed by atoms with van der Waals surface area (Å²) in [5, 5.41) is 3.92. The number of fused-ring (bicyclic) bond motifs is 1. The average molecular weight is 293 g/mol. The van der Waals surface area contributed by atoms with E-state index in [1.165, 1.54) is 29.0 Å². The van der Waals surface area contributed by atoms with E-state index in [4.69, 9.17) is 0 Å². The van der Waals surface area contributed by atoms with E-state index >= 15 is 0 Å². The number of aromatic nitrogens is 2. The van der Waals surface area contributed by atoms with Gasteiger partial charge in [0.25, 0.3) is 0 Å². The van der Waals surface area contributed by atoms with Crippen LogP contribution in [0.2, 0.25) is 0 Å². The van der Waals surface area contributed by atoms with Crippen molar-refractivity contribution in [2.24, 2.45) is 0 Å². The predicted octanol–water partition coefficient (Wildman–Crippen LogP) is 2.03. The summed E-state index contributed by atoms with van der Waals surface area (Å²) in [7, 11) is -4.02. The van der Waals surface area contributed by atoms with Gasteiger partial charge in [0.05, 0.1) is 23.4 Å². The summed E-state index contributed by atoms with van der Waals surface area (Å²) in [6, 6.07) is 4.55. The number of pyridine rings is 1. The zero-order valence-corrected chi connectivity index (χ0v) is 10.4. The number of rotatable bonds is 4. The fraction of sp³-hybridized carbons (Fsp3) is 0.300. The maximum Gasteiger partial charge on any atom is 0.390 e. The highest BCUT2D eigenvalue weighted by atomic mass is 32.2. The molecule has 0 radical (unpaired) electrons. The Morgan fingerprint density at radius 2 is 2.05 bits per heavy atom. The first kappa shape index (κ1) is 13.7. The van der Waals surface area contributed by atoms with Crippen molar-refractivity contribution in [3.05, 3.63) is 30.6 Å². The number of sulfonamides is 1. The molecule has 1 N–H and O–H groups in total. The zero-order valence-electron chi connectivity index (χ0n) is 9.55. The van der Waals surface area contributed by atoms with Crippen LogP contribution in [-0.2, 0) is 10.0 Å². The van der Waals surface area contributed by atoms with Crippen LogP contribution in [0.3, 0.4) is 0 Å². The molecule has 0 amide bonds. The molecule has 0 aliphatic rings. The van der Waals surface area contributed by atoms with E-state index in [1.54, 1.807) is 6.07 Å². The third-order valence-electron chi connectivity index (χ3n) is 2.33. The number of nitrogens with one attached hydrogen (secondary N) is 1. The van der Waals surface area contributed by atoms with Crippen LogP contribution < -0.4 is 4.72 Å². The Morgan fingerprint density at radius 3 is 2.74 bits per heavy atom. The number of nitrogens with zero attached hydrogens (tertiary/aromatic N) is 2. The van der Waals surface area contributed by atoms with Gasteiger partial charge in [-0.2, -0.15) is 18.3 Å². The zero-order chi connectivity index (χ0) is 14.1. The molecular formula is C10H10F3N3O2S. The molecule has 0 fully saturated rings. The molecule has 5 nitrogen and oxygen atoms in total. The Labute approximate surface area is 107 Å². The van der Waals surface area contributed by atoms with E-state index in [9.17, 15) is 21.6 Å². The Bertz CT molecular complexity index is 679. The van der Waals surface area contributed by atoms with Crippen molar-refractivity contribution in [1.82, 2.24) is 9.61 Å². The number of alkyl halides is 3. The molecule has 19 heavy (non-hydrogen) atoms. The van der Waals surface area contributed by atoms with E-state index in [0.29, 0.717) is 5.52 Å². The van der Waals surface area contributed by atoms with E-state index in [0.717, 1.165) is 0 Å². The normalized spacial score (nSPS) is 12.8. The second-order valence-corrected chi connectivity index (χ2v) is 5.74. The van der Waals surface area contributed by atoms with Crippen LogP contribution in [0.4, 0.5) is 18.9 Å². The van der Waals surface area contributed by atoms with Crippen LogP contribution in [0, 0.1) is 0 Å². The van der Waals surface area contributed by atoms with Crippen molar-refractivity contribution in [1.29, 1.82) is 0 Å². The van der Waals surface area contributed by atoms with Crippen molar-refractivity contribution in [3.63, 3.8) is 0 Å². The van der Waals surface area contributed by atoms with E-state index < -0.39 is 28.4 Å². The molecule has 2 heterocycles. The lowest BCUT2D eigenvalue weighted by molar-refractivity contribution is -0.129. The fourth-order valence-electron chi connectivity index (χ4n) is 1.47. The summed E-state index contributed by atoms with van der Waals surface area (Å²) in [4.78, 5) is 0. The minimum absolute atomic E-state index is 0.204. The number of anilines is 1. The van der Waals surface area contributed by atoms with Crippen LogP contribution in [0.5, 0.6) is 0 Å². The van der Waals surface area contributed by atoms with Gasteiger partial charge >= 0.3 is 6.18 Å². The lowest BCUT2D eigenvalue weighted by atomic mass is 10.4. The van der Waals surface area contributed by atoms with E-state index in [2.05, 4.69) is 9.82 Å². The van der Waals surface area contributed by atoms with E-state index in [1.807, 2.05) is 0 Å². The molecule has 2 aromatic rings. The summed E-state index contributed by atoms with van der Waals surface area (Å²) >= 11 is 0. The highest BCUT2D eigenvalue weighted by Gasteiger charge is 2.29. The fourth-order valence-corrected chi connectivity index (χ4v) is 2.55. The summed E-state index contributed by atoms with van der Waals surface area (Å²) < 4.78 is 62.5. The Morgan fingerprint density at radius 1 is 1.32 bits per heavy atom. The summed E-state index contributed by atoms with van der Waals surface area (Å²) in [5.41, 5.74) is 0.839. The van der Waals surface area contributed by atoms with Gasteiger partial charge in [-0.25, -0.2) is 12.9 Å². The Hall–Kier alpha value is -1.77. The SMILES string of the molecule is O=S(=O)(CCC(F)(F)F)Nc1ccn2nccc2c1. The van der Waals surface area contributed by atoms with Gasteiger partial charge in [-0.05, 0) is 18.2 Å². The second kappa shape index (κ2) is 4.72. The molecule has 0 aliphatic heterocycles. The number of hydrogen-bond donors (Lipinski definition) is 1. The summed E-state index contributed by atoms with van der Waals surface area (Å²) in [5.74, 6) is -0.999. The molecule has 0 bridgehead atoms. The molecule has 9 heteroatoms. The van der Waals surface area contributed by atoms with Gasteiger partial charge in [0.1, 0.15) is 0 Å². The molecule has 0 aromatic carbocycles. The van der Waals surface area contributed by atoms with Gasteiger partial charge in [0, 0.05) is 12.4 Å². The van der Waals surface area contributed by atoms with Gasteiger partial charge in [-0.15, -0.1) is 0 Å².